The smallest absolute Gasteiger partial charge is 0.325 e. The van der Waals surface area contributed by atoms with Crippen LogP contribution in [-0.2, 0) is 14.3 Å². The molecule has 116 valence electrons. The van der Waals surface area contributed by atoms with Crippen molar-refractivity contribution in [2.75, 3.05) is 13.7 Å². The summed E-state index contributed by atoms with van der Waals surface area (Å²) < 4.78 is 6.45. The molecule has 0 fully saturated rings. The number of halogens is 1. The Morgan fingerprint density at radius 3 is 2.45 bits per heavy atom. The van der Waals surface area contributed by atoms with Gasteiger partial charge >= 0.3 is 5.97 Å². The van der Waals surface area contributed by atoms with Crippen molar-refractivity contribution in [3.63, 3.8) is 0 Å². The first kappa shape index (κ1) is 16.1. The van der Waals surface area contributed by atoms with Crippen molar-refractivity contribution in [3.05, 3.63) is 59.4 Å². The molecule has 1 amide bonds. The van der Waals surface area contributed by atoms with Gasteiger partial charge in [0.15, 0.2) is 0 Å². The number of hydrogen-bond donors (Lipinski definition) is 1. The van der Waals surface area contributed by atoms with Gasteiger partial charge in [0.05, 0.1) is 19.6 Å². The van der Waals surface area contributed by atoms with E-state index in [1.165, 1.54) is 7.11 Å². The minimum absolute atomic E-state index is 0.131. The summed E-state index contributed by atoms with van der Waals surface area (Å²) in [6.07, 6.45) is 4.01. The molecular formula is C16H17ClN2O3. The standard InChI is InChI=1S/C16H17ClN2O3/c1-22-16(21)11-18-15(20)10-14(19-8-2-3-9-19)12-4-6-13(17)7-5-12/h2-9,14H,10-11H2,1H3,(H,18,20). The lowest BCUT2D eigenvalue weighted by atomic mass is 10.0. The second-order valence-corrected chi connectivity index (χ2v) is 5.19. The molecule has 1 unspecified atom stereocenters. The number of hydrogen-bond acceptors (Lipinski definition) is 3. The monoisotopic (exact) mass is 320 g/mol. The van der Waals surface area contributed by atoms with Gasteiger partial charge in [-0.05, 0) is 29.8 Å². The van der Waals surface area contributed by atoms with Gasteiger partial charge in [-0.1, -0.05) is 23.7 Å². The molecule has 0 bridgehead atoms. The van der Waals surface area contributed by atoms with Gasteiger partial charge in [0, 0.05) is 17.4 Å². The van der Waals surface area contributed by atoms with Crippen molar-refractivity contribution < 1.29 is 14.3 Å². The normalized spacial score (nSPS) is 11.7. The minimum Gasteiger partial charge on any atom is -0.468 e. The number of nitrogens with zero attached hydrogens (tertiary/aromatic N) is 1. The summed E-state index contributed by atoms with van der Waals surface area (Å²) in [7, 11) is 1.28. The summed E-state index contributed by atoms with van der Waals surface area (Å²) in [4.78, 5) is 23.1. The van der Waals surface area contributed by atoms with Gasteiger partial charge in [-0.25, -0.2) is 0 Å². The number of benzene rings is 1. The topological polar surface area (TPSA) is 60.3 Å². The van der Waals surface area contributed by atoms with Crippen LogP contribution in [0.5, 0.6) is 0 Å². The zero-order valence-corrected chi connectivity index (χ0v) is 12.9. The van der Waals surface area contributed by atoms with E-state index in [0.717, 1.165) is 5.56 Å². The fourth-order valence-corrected chi connectivity index (χ4v) is 2.25. The first-order valence-corrected chi connectivity index (χ1v) is 7.19. The van der Waals surface area contributed by atoms with E-state index in [4.69, 9.17) is 11.6 Å². The van der Waals surface area contributed by atoms with Gasteiger partial charge in [-0.2, -0.15) is 0 Å². The van der Waals surface area contributed by atoms with Gasteiger partial charge in [0.2, 0.25) is 5.91 Å². The van der Waals surface area contributed by atoms with E-state index in [1.54, 1.807) is 12.1 Å². The fraction of sp³-hybridized carbons (Fsp3) is 0.250. The van der Waals surface area contributed by atoms with E-state index in [9.17, 15) is 9.59 Å². The zero-order chi connectivity index (χ0) is 15.9. The van der Waals surface area contributed by atoms with Crippen molar-refractivity contribution in [1.29, 1.82) is 0 Å². The van der Waals surface area contributed by atoms with Crippen LogP contribution in [0.2, 0.25) is 5.02 Å². The van der Waals surface area contributed by atoms with Crippen LogP contribution in [0.25, 0.3) is 0 Å². The lowest BCUT2D eigenvalue weighted by Crippen LogP contribution is -2.32. The van der Waals surface area contributed by atoms with Crippen LogP contribution in [-0.4, -0.2) is 30.1 Å². The number of nitrogens with one attached hydrogen (secondary N) is 1. The summed E-state index contributed by atoms with van der Waals surface area (Å²) >= 11 is 5.91. The van der Waals surface area contributed by atoms with Gasteiger partial charge in [-0.3, -0.25) is 9.59 Å². The number of methoxy groups -OCH3 is 1. The molecule has 0 aliphatic rings. The molecule has 1 N–H and O–H groups in total. The van der Waals surface area contributed by atoms with Gasteiger partial charge in [0.25, 0.3) is 0 Å². The third-order valence-corrected chi connectivity index (χ3v) is 3.53. The number of esters is 1. The molecule has 0 radical (unpaired) electrons. The molecule has 5 nitrogen and oxygen atoms in total. The van der Waals surface area contributed by atoms with Crippen LogP contribution >= 0.6 is 11.6 Å². The third-order valence-electron chi connectivity index (χ3n) is 3.28. The maximum Gasteiger partial charge on any atom is 0.325 e. The summed E-state index contributed by atoms with van der Waals surface area (Å²) in [5, 5.41) is 3.20. The van der Waals surface area contributed by atoms with Crippen LogP contribution < -0.4 is 5.32 Å². The molecule has 1 aromatic heterocycles. The molecular weight excluding hydrogens is 304 g/mol. The Hall–Kier alpha value is -2.27. The fourth-order valence-electron chi connectivity index (χ4n) is 2.13. The Morgan fingerprint density at radius 2 is 1.86 bits per heavy atom. The van der Waals surface area contributed by atoms with Crippen LogP contribution in [0, 0.1) is 0 Å². The number of aromatic nitrogens is 1. The van der Waals surface area contributed by atoms with Gasteiger partial charge in [0.1, 0.15) is 6.54 Å². The van der Waals surface area contributed by atoms with E-state index in [0.29, 0.717) is 5.02 Å². The van der Waals surface area contributed by atoms with Crippen LogP contribution in [0.1, 0.15) is 18.0 Å². The van der Waals surface area contributed by atoms with E-state index in [2.05, 4.69) is 10.1 Å². The summed E-state index contributed by atoms with van der Waals surface area (Å²) in [5.74, 6) is -0.698. The molecule has 2 aromatic rings. The Bertz CT molecular complexity index is 623. The highest BCUT2D eigenvalue weighted by Gasteiger charge is 2.17. The zero-order valence-electron chi connectivity index (χ0n) is 12.2. The van der Waals surface area contributed by atoms with Crippen molar-refractivity contribution in [2.45, 2.75) is 12.5 Å². The second kappa shape index (κ2) is 7.66. The predicted molar refractivity (Wildman–Crippen MR) is 83.7 cm³/mol. The Balaban J connectivity index is 2.10. The highest BCUT2D eigenvalue weighted by molar-refractivity contribution is 6.30. The Labute approximate surface area is 133 Å². The lowest BCUT2D eigenvalue weighted by Gasteiger charge is -2.19. The highest BCUT2D eigenvalue weighted by Crippen LogP contribution is 2.23. The van der Waals surface area contributed by atoms with Crippen LogP contribution in [0.15, 0.2) is 48.8 Å². The largest absolute Gasteiger partial charge is 0.468 e. The van der Waals surface area contributed by atoms with E-state index >= 15 is 0 Å². The van der Waals surface area contributed by atoms with E-state index in [1.807, 2.05) is 41.2 Å². The van der Waals surface area contributed by atoms with E-state index in [-0.39, 0.29) is 24.9 Å². The molecule has 0 aliphatic heterocycles. The first-order chi connectivity index (χ1) is 10.6. The predicted octanol–water partition coefficient (Wildman–Crippen LogP) is 2.41. The molecule has 6 heteroatoms. The lowest BCUT2D eigenvalue weighted by molar-refractivity contribution is -0.141. The molecule has 0 saturated heterocycles. The quantitative estimate of drug-likeness (QED) is 0.831. The number of carbonyl (C=O) groups excluding carboxylic acids is 2. The Morgan fingerprint density at radius 1 is 1.23 bits per heavy atom. The summed E-state index contributed by atoms with van der Waals surface area (Å²) in [6, 6.07) is 11.0. The van der Waals surface area contributed by atoms with Crippen molar-refractivity contribution in [2.24, 2.45) is 0 Å². The second-order valence-electron chi connectivity index (χ2n) is 4.75. The number of rotatable bonds is 6. The highest BCUT2D eigenvalue weighted by atomic mass is 35.5. The van der Waals surface area contributed by atoms with Crippen molar-refractivity contribution >= 4 is 23.5 Å². The van der Waals surface area contributed by atoms with E-state index < -0.39 is 5.97 Å². The first-order valence-electron chi connectivity index (χ1n) is 6.81. The maximum atomic E-state index is 12.1. The SMILES string of the molecule is COC(=O)CNC(=O)CC(c1ccc(Cl)cc1)n1cccc1. The number of carbonyl (C=O) groups is 2. The molecule has 1 aromatic carbocycles. The minimum atomic E-state index is -0.475. The molecule has 2 rings (SSSR count). The average Bonchev–Trinajstić information content (AvgIpc) is 3.05. The van der Waals surface area contributed by atoms with Gasteiger partial charge in [-0.15, -0.1) is 0 Å². The molecule has 22 heavy (non-hydrogen) atoms. The number of amides is 1. The Kier molecular flexibility index (Phi) is 5.61. The van der Waals surface area contributed by atoms with Crippen molar-refractivity contribution in [1.82, 2.24) is 9.88 Å². The molecule has 0 spiro atoms. The van der Waals surface area contributed by atoms with Crippen LogP contribution in [0.4, 0.5) is 0 Å². The molecule has 1 atom stereocenters. The van der Waals surface area contributed by atoms with Gasteiger partial charge < -0.3 is 14.6 Å². The summed E-state index contributed by atoms with van der Waals surface area (Å²) in [5.41, 5.74) is 0.966. The molecule has 1 heterocycles. The summed E-state index contributed by atoms with van der Waals surface area (Å²) in [6.45, 7) is -0.131. The molecule has 0 saturated carbocycles. The maximum absolute atomic E-state index is 12.1. The molecule has 0 aliphatic carbocycles. The van der Waals surface area contributed by atoms with Crippen molar-refractivity contribution in [3.8, 4) is 0 Å². The number of ether oxygens (including phenoxy) is 1. The average molecular weight is 321 g/mol. The third kappa shape index (κ3) is 4.36. The van der Waals surface area contributed by atoms with Crippen LogP contribution in [0.3, 0.4) is 0 Å².